The van der Waals surface area contributed by atoms with Crippen LogP contribution in [0.1, 0.15) is 32.4 Å². The number of carbonyl (C=O) groups excluding carboxylic acids is 1. The van der Waals surface area contributed by atoms with Crippen LogP contribution in [0.2, 0.25) is 0 Å². The maximum Gasteiger partial charge on any atom is 0.320 e. The minimum atomic E-state index is -0.176. The molecule has 0 aromatic carbocycles. The van der Waals surface area contributed by atoms with Crippen LogP contribution in [-0.4, -0.2) is 46.9 Å². The zero-order valence-electron chi connectivity index (χ0n) is 13.2. The predicted molar refractivity (Wildman–Crippen MR) is 82.0 cm³/mol. The molecule has 1 aromatic rings. The van der Waals surface area contributed by atoms with Crippen LogP contribution in [0.3, 0.4) is 0 Å². The van der Waals surface area contributed by atoms with E-state index in [4.69, 9.17) is 0 Å². The average Bonchev–Trinajstić information content (AvgIpc) is 2.66. The third kappa shape index (κ3) is 5.61. The van der Waals surface area contributed by atoms with E-state index in [1.165, 1.54) is 0 Å². The molecule has 1 heterocycles. The number of urea groups is 1. The van der Waals surface area contributed by atoms with Gasteiger partial charge in [-0.1, -0.05) is 0 Å². The molecule has 0 radical (unpaired) electrons. The Kier molecular flexibility index (Phi) is 6.51. The van der Waals surface area contributed by atoms with Crippen LogP contribution in [0, 0.1) is 6.92 Å². The van der Waals surface area contributed by atoms with Crippen molar-refractivity contribution in [2.45, 2.75) is 39.7 Å². The number of aromatic nitrogens is 2. The smallest absolute Gasteiger partial charge is 0.320 e. The highest BCUT2D eigenvalue weighted by Crippen LogP contribution is 2.07. The van der Waals surface area contributed by atoms with Crippen LogP contribution in [-0.2, 0) is 7.05 Å². The van der Waals surface area contributed by atoms with Gasteiger partial charge in [0, 0.05) is 25.7 Å². The SMILES string of the molecule is Cc1cc(NC(=O)NCCCCN(C)C(C)C)n(C)n1. The second-order valence-electron chi connectivity index (χ2n) is 5.46. The fraction of sp³-hybridized carbons (Fsp3) is 0.714. The lowest BCUT2D eigenvalue weighted by molar-refractivity contribution is 0.250. The Morgan fingerprint density at radius 1 is 1.45 bits per heavy atom. The summed E-state index contributed by atoms with van der Waals surface area (Å²) in [5.74, 6) is 0.708. The molecule has 2 N–H and O–H groups in total. The largest absolute Gasteiger partial charge is 0.338 e. The number of nitrogens with one attached hydrogen (secondary N) is 2. The van der Waals surface area contributed by atoms with Crippen LogP contribution < -0.4 is 10.6 Å². The van der Waals surface area contributed by atoms with Crippen molar-refractivity contribution in [1.29, 1.82) is 0 Å². The van der Waals surface area contributed by atoms with Gasteiger partial charge in [-0.15, -0.1) is 0 Å². The van der Waals surface area contributed by atoms with Crippen molar-refractivity contribution in [3.8, 4) is 0 Å². The first kappa shape index (κ1) is 16.5. The first-order chi connectivity index (χ1) is 9.40. The number of carbonyl (C=O) groups is 1. The summed E-state index contributed by atoms with van der Waals surface area (Å²) >= 11 is 0. The highest BCUT2D eigenvalue weighted by atomic mass is 16.2. The van der Waals surface area contributed by atoms with Crippen molar-refractivity contribution in [3.63, 3.8) is 0 Å². The Bertz CT molecular complexity index is 427. The van der Waals surface area contributed by atoms with E-state index < -0.39 is 0 Å². The lowest BCUT2D eigenvalue weighted by Crippen LogP contribution is -2.31. The summed E-state index contributed by atoms with van der Waals surface area (Å²) in [6.45, 7) is 8.01. The molecule has 114 valence electrons. The monoisotopic (exact) mass is 281 g/mol. The lowest BCUT2D eigenvalue weighted by Gasteiger charge is -2.20. The van der Waals surface area contributed by atoms with Crippen LogP contribution >= 0.6 is 0 Å². The Balaban J connectivity index is 2.16. The zero-order chi connectivity index (χ0) is 15.1. The highest BCUT2D eigenvalue weighted by molar-refractivity contribution is 5.88. The van der Waals surface area contributed by atoms with Crippen LogP contribution in [0.5, 0.6) is 0 Å². The van der Waals surface area contributed by atoms with E-state index >= 15 is 0 Å². The Morgan fingerprint density at radius 3 is 2.70 bits per heavy atom. The second kappa shape index (κ2) is 7.89. The highest BCUT2D eigenvalue weighted by Gasteiger charge is 2.06. The average molecular weight is 281 g/mol. The van der Waals surface area contributed by atoms with Gasteiger partial charge in [-0.25, -0.2) is 4.79 Å². The Hall–Kier alpha value is -1.56. The molecule has 1 aromatic heterocycles. The van der Waals surface area contributed by atoms with E-state index in [-0.39, 0.29) is 6.03 Å². The number of rotatable bonds is 7. The van der Waals surface area contributed by atoms with Gasteiger partial charge in [-0.2, -0.15) is 5.10 Å². The van der Waals surface area contributed by atoms with E-state index in [0.717, 1.165) is 25.1 Å². The van der Waals surface area contributed by atoms with Crippen LogP contribution in [0.25, 0.3) is 0 Å². The summed E-state index contributed by atoms with van der Waals surface area (Å²) in [5.41, 5.74) is 0.888. The third-order valence-electron chi connectivity index (χ3n) is 3.35. The van der Waals surface area contributed by atoms with Gasteiger partial charge >= 0.3 is 6.03 Å². The predicted octanol–water partition coefficient (Wildman–Crippen LogP) is 1.97. The maximum atomic E-state index is 11.7. The normalized spacial score (nSPS) is 11.2. The molecule has 0 saturated heterocycles. The van der Waals surface area contributed by atoms with E-state index in [1.807, 2.05) is 20.0 Å². The quantitative estimate of drug-likeness (QED) is 0.751. The van der Waals surface area contributed by atoms with Crippen molar-refractivity contribution < 1.29 is 4.79 Å². The molecule has 20 heavy (non-hydrogen) atoms. The van der Waals surface area contributed by atoms with Crippen molar-refractivity contribution in [2.24, 2.45) is 7.05 Å². The van der Waals surface area contributed by atoms with Gasteiger partial charge in [0.05, 0.1) is 5.69 Å². The molecule has 0 aliphatic heterocycles. The van der Waals surface area contributed by atoms with Gasteiger partial charge in [0.15, 0.2) is 0 Å². The molecule has 0 bridgehead atoms. The van der Waals surface area contributed by atoms with Crippen LogP contribution in [0.15, 0.2) is 6.07 Å². The molecule has 0 aliphatic carbocycles. The standard InChI is InChI=1S/C14H27N5O/c1-11(2)18(4)9-7-6-8-15-14(20)16-13-10-12(3)17-19(13)5/h10-11H,6-9H2,1-5H3,(H2,15,16,20). The summed E-state index contributed by atoms with van der Waals surface area (Å²) < 4.78 is 1.66. The zero-order valence-corrected chi connectivity index (χ0v) is 13.2. The second-order valence-corrected chi connectivity index (χ2v) is 5.46. The van der Waals surface area contributed by atoms with Crippen LogP contribution in [0.4, 0.5) is 10.6 Å². The van der Waals surface area contributed by atoms with Gasteiger partial charge in [0.2, 0.25) is 0 Å². The van der Waals surface area contributed by atoms with Gasteiger partial charge in [-0.3, -0.25) is 10.00 Å². The summed E-state index contributed by atoms with van der Waals surface area (Å²) in [5, 5.41) is 9.83. The Labute approximate surface area is 121 Å². The molecule has 0 saturated carbocycles. The number of unbranched alkanes of at least 4 members (excludes halogenated alkanes) is 1. The molecule has 6 nitrogen and oxygen atoms in total. The summed E-state index contributed by atoms with van der Waals surface area (Å²) in [6, 6.07) is 2.24. The van der Waals surface area contributed by atoms with Crippen molar-refractivity contribution in [3.05, 3.63) is 11.8 Å². The molecule has 0 atom stereocenters. The number of aryl methyl sites for hydroxylation is 2. The van der Waals surface area contributed by atoms with Crippen molar-refractivity contribution in [2.75, 3.05) is 25.5 Å². The molecule has 0 unspecified atom stereocenters. The summed E-state index contributed by atoms with van der Waals surface area (Å²) in [6.07, 6.45) is 2.06. The van der Waals surface area contributed by atoms with Gasteiger partial charge in [0.1, 0.15) is 5.82 Å². The van der Waals surface area contributed by atoms with E-state index in [1.54, 1.807) is 4.68 Å². The minimum absolute atomic E-state index is 0.176. The molecular formula is C14H27N5O. The van der Waals surface area contributed by atoms with E-state index in [2.05, 4.69) is 41.5 Å². The summed E-state index contributed by atoms with van der Waals surface area (Å²) in [7, 11) is 3.93. The van der Waals surface area contributed by atoms with Crippen molar-refractivity contribution >= 4 is 11.8 Å². The molecule has 1 rings (SSSR count). The molecule has 0 aliphatic rings. The third-order valence-corrected chi connectivity index (χ3v) is 3.35. The minimum Gasteiger partial charge on any atom is -0.338 e. The fourth-order valence-electron chi connectivity index (χ4n) is 1.83. The van der Waals surface area contributed by atoms with Gasteiger partial charge in [0.25, 0.3) is 0 Å². The molecular weight excluding hydrogens is 254 g/mol. The first-order valence-corrected chi connectivity index (χ1v) is 7.16. The molecule has 2 amide bonds. The van der Waals surface area contributed by atoms with Gasteiger partial charge < -0.3 is 10.2 Å². The molecule has 6 heteroatoms. The summed E-state index contributed by atoms with van der Waals surface area (Å²) in [4.78, 5) is 14.0. The first-order valence-electron chi connectivity index (χ1n) is 7.16. The van der Waals surface area contributed by atoms with Gasteiger partial charge in [-0.05, 0) is 47.2 Å². The number of hydrogen-bond acceptors (Lipinski definition) is 3. The number of nitrogens with zero attached hydrogens (tertiary/aromatic N) is 3. The molecule has 0 spiro atoms. The Morgan fingerprint density at radius 2 is 2.15 bits per heavy atom. The van der Waals surface area contributed by atoms with Crippen molar-refractivity contribution in [1.82, 2.24) is 20.0 Å². The van der Waals surface area contributed by atoms with E-state index in [9.17, 15) is 4.79 Å². The fourth-order valence-corrected chi connectivity index (χ4v) is 1.83. The number of anilines is 1. The number of amides is 2. The maximum absolute atomic E-state index is 11.7. The number of hydrogen-bond donors (Lipinski definition) is 2. The lowest BCUT2D eigenvalue weighted by atomic mass is 10.2. The van der Waals surface area contributed by atoms with E-state index in [0.29, 0.717) is 18.4 Å². The topological polar surface area (TPSA) is 62.2 Å². The molecule has 0 fully saturated rings.